The number of rotatable bonds is 5. The molecule has 0 unspecified atom stereocenters. The van der Waals surface area contributed by atoms with Crippen LogP contribution in [0.25, 0.3) is 0 Å². The molecule has 2 aromatic rings. The fraction of sp³-hybridized carbons (Fsp3) is 0.438. The van der Waals surface area contributed by atoms with Crippen LogP contribution in [0.4, 0.5) is 0 Å². The molecule has 5 heteroatoms. The van der Waals surface area contributed by atoms with E-state index < -0.39 is 5.92 Å². The molecule has 0 amide bonds. The molecule has 5 rings (SSSR count). The Hall–Kier alpha value is -2.66. The molecule has 194 valence electrons. The summed E-state index contributed by atoms with van der Waals surface area (Å²) < 4.78 is 6.70. The monoisotopic (exact) mass is 561 g/mol. The van der Waals surface area contributed by atoms with Crippen LogP contribution in [-0.2, 0) is 16.0 Å². The summed E-state index contributed by atoms with van der Waals surface area (Å²) in [5.74, 6) is 0.594. The zero-order chi connectivity index (χ0) is 26.5. The molecule has 0 radical (unpaired) electrons. The number of allylic oxidation sites excluding steroid dienone is 4. The highest BCUT2D eigenvalue weighted by molar-refractivity contribution is 9.10. The lowest BCUT2D eigenvalue weighted by Crippen LogP contribution is -2.45. The van der Waals surface area contributed by atoms with Crippen molar-refractivity contribution >= 4 is 27.5 Å². The number of carbonyl (C=O) groups is 2. The van der Waals surface area contributed by atoms with E-state index in [0.717, 1.165) is 58.4 Å². The minimum atomic E-state index is -0.405. The van der Waals surface area contributed by atoms with E-state index in [-0.39, 0.29) is 22.4 Å². The second-order valence-corrected chi connectivity index (χ2v) is 13.2. The highest BCUT2D eigenvalue weighted by atomic mass is 79.9. The molecule has 0 saturated carbocycles. The van der Waals surface area contributed by atoms with Crippen LogP contribution in [-0.4, -0.2) is 30.1 Å². The molecule has 0 bridgehead atoms. The minimum Gasteiger partial charge on any atom is -0.496 e. The number of Topliss-reactive ketones (excluding diaryl/α,β-unsaturated/α-hetero) is 2. The number of benzene rings is 2. The molecule has 1 heterocycles. The molecule has 0 spiro atoms. The number of methoxy groups -OCH3 is 1. The van der Waals surface area contributed by atoms with E-state index in [1.54, 1.807) is 7.11 Å². The van der Waals surface area contributed by atoms with Gasteiger partial charge in [-0.15, -0.1) is 0 Å². The predicted octanol–water partition coefficient (Wildman–Crippen LogP) is 7.39. The van der Waals surface area contributed by atoms with E-state index in [0.29, 0.717) is 18.6 Å². The second-order valence-electron chi connectivity index (χ2n) is 12.3. The number of ether oxygens (including phenoxy) is 1. The minimum absolute atomic E-state index is 0.140. The number of hydrogen-bond donors (Lipinski definition) is 0. The molecule has 2 aromatic carbocycles. The molecule has 0 aromatic heterocycles. The lowest BCUT2D eigenvalue weighted by atomic mass is 9.63. The molecule has 37 heavy (non-hydrogen) atoms. The molecular formula is C32H36BrNO3. The number of hydrogen-bond acceptors (Lipinski definition) is 4. The maximum Gasteiger partial charge on any atom is 0.162 e. The van der Waals surface area contributed by atoms with Gasteiger partial charge in [-0.1, -0.05) is 74.0 Å². The third-order valence-corrected chi connectivity index (χ3v) is 8.48. The summed E-state index contributed by atoms with van der Waals surface area (Å²) in [6, 6.07) is 16.4. The first-order chi connectivity index (χ1) is 17.5. The van der Waals surface area contributed by atoms with E-state index in [2.05, 4.69) is 72.8 Å². The molecule has 0 saturated heterocycles. The number of ketones is 2. The SMILES string of the molecule is COc1ccc(Br)cc1C1C2=C(CC(C)(C)CC2=O)N(CCc2ccccc2)C2=C1C(=O)CC(C)(C)C2. The quantitative estimate of drug-likeness (QED) is 0.382. The van der Waals surface area contributed by atoms with Crippen LogP contribution in [0.1, 0.15) is 70.4 Å². The Balaban J connectivity index is 1.74. The summed E-state index contributed by atoms with van der Waals surface area (Å²) in [4.78, 5) is 30.3. The van der Waals surface area contributed by atoms with Crippen LogP contribution in [0.15, 0.2) is 75.5 Å². The van der Waals surface area contributed by atoms with Crippen molar-refractivity contribution in [2.45, 2.75) is 65.7 Å². The number of carbonyl (C=O) groups excluding carboxylic acids is 2. The molecule has 0 N–H and O–H groups in total. The fourth-order valence-corrected chi connectivity index (χ4v) is 6.82. The zero-order valence-corrected chi connectivity index (χ0v) is 24.1. The molecule has 0 atom stereocenters. The van der Waals surface area contributed by atoms with E-state index in [1.165, 1.54) is 5.56 Å². The topological polar surface area (TPSA) is 46.6 Å². The molecule has 4 nitrogen and oxygen atoms in total. The van der Waals surface area contributed by atoms with Gasteiger partial charge in [-0.2, -0.15) is 0 Å². The largest absolute Gasteiger partial charge is 0.496 e. The Labute approximate surface area is 228 Å². The van der Waals surface area contributed by atoms with Gasteiger partial charge in [0.2, 0.25) is 0 Å². The van der Waals surface area contributed by atoms with Gasteiger partial charge in [-0.3, -0.25) is 9.59 Å². The first-order valence-electron chi connectivity index (χ1n) is 13.2. The van der Waals surface area contributed by atoms with Gasteiger partial charge in [0, 0.05) is 57.9 Å². The Morgan fingerprint density at radius 1 is 0.865 bits per heavy atom. The van der Waals surface area contributed by atoms with E-state index in [9.17, 15) is 9.59 Å². The fourth-order valence-electron chi connectivity index (χ4n) is 6.45. The summed E-state index contributed by atoms with van der Waals surface area (Å²) in [7, 11) is 1.66. The van der Waals surface area contributed by atoms with Crippen LogP contribution in [0.5, 0.6) is 5.75 Å². The van der Waals surface area contributed by atoms with E-state index in [1.807, 2.05) is 24.3 Å². The zero-order valence-electron chi connectivity index (χ0n) is 22.5. The van der Waals surface area contributed by atoms with Crippen LogP contribution in [0.3, 0.4) is 0 Å². The Morgan fingerprint density at radius 2 is 1.43 bits per heavy atom. The highest BCUT2D eigenvalue weighted by Crippen LogP contribution is 2.55. The van der Waals surface area contributed by atoms with E-state index >= 15 is 0 Å². The summed E-state index contributed by atoms with van der Waals surface area (Å²) >= 11 is 3.63. The van der Waals surface area contributed by atoms with E-state index in [4.69, 9.17) is 4.74 Å². The van der Waals surface area contributed by atoms with Gasteiger partial charge in [-0.25, -0.2) is 0 Å². The molecule has 1 aliphatic heterocycles. The Morgan fingerprint density at radius 3 is 1.97 bits per heavy atom. The van der Waals surface area contributed by atoms with Crippen LogP contribution in [0.2, 0.25) is 0 Å². The normalized spacial score (nSPS) is 21.2. The predicted molar refractivity (Wildman–Crippen MR) is 150 cm³/mol. The third-order valence-electron chi connectivity index (χ3n) is 7.99. The van der Waals surface area contributed by atoms with Crippen molar-refractivity contribution in [3.63, 3.8) is 0 Å². The Kier molecular flexibility index (Phi) is 6.72. The maximum absolute atomic E-state index is 14.0. The Bertz CT molecular complexity index is 1260. The molecule has 3 aliphatic rings. The second kappa shape index (κ2) is 9.58. The van der Waals surface area contributed by atoms with Crippen molar-refractivity contribution in [1.82, 2.24) is 4.90 Å². The number of halogens is 1. The summed E-state index contributed by atoms with van der Waals surface area (Å²) in [6.07, 6.45) is 3.42. The number of nitrogens with zero attached hydrogens (tertiary/aromatic N) is 1. The van der Waals surface area contributed by atoms with Crippen LogP contribution < -0.4 is 4.74 Å². The average Bonchev–Trinajstić information content (AvgIpc) is 2.81. The first-order valence-corrected chi connectivity index (χ1v) is 14.0. The van der Waals surface area contributed by atoms with Crippen molar-refractivity contribution in [2.24, 2.45) is 10.8 Å². The molecule has 2 aliphatic carbocycles. The van der Waals surface area contributed by atoms with Crippen molar-refractivity contribution in [3.05, 3.63) is 86.7 Å². The van der Waals surface area contributed by atoms with Gasteiger partial charge in [0.05, 0.1) is 7.11 Å². The molecular weight excluding hydrogens is 526 g/mol. The summed E-state index contributed by atoms with van der Waals surface area (Å²) in [5.41, 5.74) is 5.62. The van der Waals surface area contributed by atoms with Crippen molar-refractivity contribution in [1.29, 1.82) is 0 Å². The van der Waals surface area contributed by atoms with Crippen molar-refractivity contribution < 1.29 is 14.3 Å². The molecule has 0 fully saturated rings. The summed E-state index contributed by atoms with van der Waals surface area (Å²) in [6.45, 7) is 9.46. The first kappa shape index (κ1) is 26.0. The van der Waals surface area contributed by atoms with Gasteiger partial charge in [0.1, 0.15) is 5.75 Å². The van der Waals surface area contributed by atoms with Crippen molar-refractivity contribution in [3.8, 4) is 5.75 Å². The maximum atomic E-state index is 14.0. The van der Waals surface area contributed by atoms with Crippen molar-refractivity contribution in [2.75, 3.05) is 13.7 Å². The lowest BCUT2D eigenvalue weighted by Gasteiger charge is -2.49. The summed E-state index contributed by atoms with van der Waals surface area (Å²) in [5, 5.41) is 0. The van der Waals surface area contributed by atoms with Crippen LogP contribution >= 0.6 is 15.9 Å². The lowest BCUT2D eigenvalue weighted by molar-refractivity contribution is -0.119. The van der Waals surface area contributed by atoms with Gasteiger partial charge in [-0.05, 0) is 53.9 Å². The average molecular weight is 563 g/mol. The standard InChI is InChI=1S/C32H36BrNO3/c1-31(2)16-23-29(25(35)18-31)28(22-15-21(33)11-12-27(22)37-5)30-24(17-32(3,4)19-26(30)36)34(23)14-13-20-9-7-6-8-10-20/h6-12,15,28H,13-14,16-19H2,1-5H3. The highest BCUT2D eigenvalue weighted by Gasteiger charge is 2.49. The van der Waals surface area contributed by atoms with Gasteiger partial charge in [0.25, 0.3) is 0 Å². The van der Waals surface area contributed by atoms with Gasteiger partial charge < -0.3 is 9.64 Å². The van der Waals surface area contributed by atoms with Gasteiger partial charge in [0.15, 0.2) is 11.6 Å². The van der Waals surface area contributed by atoms with Crippen LogP contribution in [0, 0.1) is 10.8 Å². The third kappa shape index (κ3) is 4.95. The smallest absolute Gasteiger partial charge is 0.162 e. The van der Waals surface area contributed by atoms with Gasteiger partial charge >= 0.3 is 0 Å².